The second-order valence-electron chi connectivity index (χ2n) is 7.58. The Morgan fingerprint density at radius 1 is 1.12 bits per heavy atom. The Hall–Kier alpha value is -3.69. The summed E-state index contributed by atoms with van der Waals surface area (Å²) in [5.74, 6) is -1.25. The van der Waals surface area contributed by atoms with E-state index in [0.29, 0.717) is 12.7 Å². The maximum atomic E-state index is 13.4. The second kappa shape index (κ2) is 8.81. The average molecular weight is 442 g/mol. The number of benzene rings is 1. The van der Waals surface area contributed by atoms with Crippen molar-refractivity contribution in [3.05, 3.63) is 66.0 Å². The molecular formula is C22H21F3N6O. The standard InChI is InChI=1S/C22H21F3N6O/c23-22(24,25)16-12-29-21(31-20(16)30-18(19(26)32)15-8-9-15)28-11-13-4-6-14(7-5-13)17-3-1-2-10-27-17/h1-7,10,12,15,18H,8-9,11H2,(H2,26,32)(H2,28,29,30,31)/t18-/m1/s1. The lowest BCUT2D eigenvalue weighted by Crippen LogP contribution is -2.38. The van der Waals surface area contributed by atoms with Gasteiger partial charge in [-0.1, -0.05) is 30.3 Å². The molecule has 0 aliphatic heterocycles. The smallest absolute Gasteiger partial charge is 0.368 e. The van der Waals surface area contributed by atoms with E-state index in [9.17, 15) is 18.0 Å². The number of pyridine rings is 1. The average Bonchev–Trinajstić information content (AvgIpc) is 3.61. The van der Waals surface area contributed by atoms with Crippen molar-refractivity contribution in [2.24, 2.45) is 11.7 Å². The zero-order valence-electron chi connectivity index (χ0n) is 16.9. The Bertz CT molecular complexity index is 1090. The van der Waals surface area contributed by atoms with Gasteiger partial charge in [-0.3, -0.25) is 9.78 Å². The first-order chi connectivity index (χ1) is 15.3. The molecule has 0 saturated heterocycles. The molecule has 7 nitrogen and oxygen atoms in total. The van der Waals surface area contributed by atoms with E-state index < -0.39 is 29.5 Å². The van der Waals surface area contributed by atoms with Crippen molar-refractivity contribution < 1.29 is 18.0 Å². The predicted molar refractivity (Wildman–Crippen MR) is 113 cm³/mol. The molecular weight excluding hydrogens is 421 g/mol. The van der Waals surface area contributed by atoms with E-state index in [1.807, 2.05) is 42.5 Å². The molecule has 10 heteroatoms. The Morgan fingerprint density at radius 3 is 2.47 bits per heavy atom. The third-order valence-corrected chi connectivity index (χ3v) is 5.15. The predicted octanol–water partition coefficient (Wildman–Crippen LogP) is 3.85. The number of primary amides is 1. The minimum absolute atomic E-state index is 0.00770. The summed E-state index contributed by atoms with van der Waals surface area (Å²) < 4.78 is 40.2. The fourth-order valence-corrected chi connectivity index (χ4v) is 3.29. The topological polar surface area (TPSA) is 106 Å². The molecule has 3 aromatic rings. The number of alkyl halides is 3. The molecule has 1 fully saturated rings. The molecule has 0 radical (unpaired) electrons. The molecule has 0 spiro atoms. The summed E-state index contributed by atoms with van der Waals surface area (Å²) in [4.78, 5) is 23.8. The monoisotopic (exact) mass is 442 g/mol. The first kappa shape index (κ1) is 21.5. The number of anilines is 2. The van der Waals surface area contributed by atoms with Crippen LogP contribution in [0.3, 0.4) is 0 Å². The van der Waals surface area contributed by atoms with Crippen molar-refractivity contribution in [1.82, 2.24) is 15.0 Å². The third-order valence-electron chi connectivity index (χ3n) is 5.15. The molecule has 1 aliphatic carbocycles. The number of hydrogen-bond acceptors (Lipinski definition) is 6. The highest BCUT2D eigenvalue weighted by atomic mass is 19.4. The summed E-state index contributed by atoms with van der Waals surface area (Å²) >= 11 is 0. The fourth-order valence-electron chi connectivity index (χ4n) is 3.29. The number of halogens is 3. The molecule has 2 heterocycles. The normalized spacial score (nSPS) is 14.6. The zero-order chi connectivity index (χ0) is 22.7. The van der Waals surface area contributed by atoms with Crippen molar-refractivity contribution in [1.29, 1.82) is 0 Å². The molecule has 32 heavy (non-hydrogen) atoms. The van der Waals surface area contributed by atoms with Crippen molar-refractivity contribution in [3.63, 3.8) is 0 Å². The van der Waals surface area contributed by atoms with Gasteiger partial charge in [0.2, 0.25) is 11.9 Å². The number of aromatic nitrogens is 3. The van der Waals surface area contributed by atoms with E-state index >= 15 is 0 Å². The van der Waals surface area contributed by atoms with Crippen LogP contribution in [-0.2, 0) is 17.5 Å². The summed E-state index contributed by atoms with van der Waals surface area (Å²) in [5.41, 5.74) is 6.99. The Kier molecular flexibility index (Phi) is 5.93. The van der Waals surface area contributed by atoms with Crippen LogP contribution in [0.5, 0.6) is 0 Å². The first-order valence-corrected chi connectivity index (χ1v) is 10.1. The first-order valence-electron chi connectivity index (χ1n) is 10.1. The SMILES string of the molecule is NC(=O)[C@H](Nc1nc(NCc2ccc(-c3ccccn3)cc2)ncc1C(F)(F)F)C1CC1. The van der Waals surface area contributed by atoms with Crippen LogP contribution in [0, 0.1) is 5.92 Å². The van der Waals surface area contributed by atoms with Crippen LogP contribution in [0.2, 0.25) is 0 Å². The Morgan fingerprint density at radius 2 is 1.88 bits per heavy atom. The van der Waals surface area contributed by atoms with Crippen LogP contribution in [0.1, 0.15) is 24.0 Å². The van der Waals surface area contributed by atoms with Crippen LogP contribution in [0.4, 0.5) is 24.9 Å². The van der Waals surface area contributed by atoms with E-state index in [1.54, 1.807) is 6.20 Å². The largest absolute Gasteiger partial charge is 0.421 e. The number of nitrogens with two attached hydrogens (primary N) is 1. The Labute approximate surface area is 182 Å². The van der Waals surface area contributed by atoms with Gasteiger partial charge in [-0.05, 0) is 36.5 Å². The number of amides is 1. The second-order valence-corrected chi connectivity index (χ2v) is 7.58. The van der Waals surface area contributed by atoms with E-state index in [-0.39, 0.29) is 11.9 Å². The van der Waals surface area contributed by atoms with Gasteiger partial charge in [0.25, 0.3) is 0 Å². The van der Waals surface area contributed by atoms with Gasteiger partial charge in [-0.2, -0.15) is 18.2 Å². The molecule has 166 valence electrons. The number of carbonyl (C=O) groups is 1. The molecule has 4 rings (SSSR count). The number of rotatable bonds is 8. The van der Waals surface area contributed by atoms with E-state index in [2.05, 4.69) is 25.6 Å². The van der Waals surface area contributed by atoms with Gasteiger partial charge in [-0.25, -0.2) is 4.98 Å². The minimum Gasteiger partial charge on any atom is -0.368 e. The van der Waals surface area contributed by atoms with Gasteiger partial charge in [0.05, 0.1) is 5.69 Å². The van der Waals surface area contributed by atoms with Crippen LogP contribution in [0.25, 0.3) is 11.3 Å². The Balaban J connectivity index is 1.49. The quantitative estimate of drug-likeness (QED) is 0.489. The number of nitrogens with one attached hydrogen (secondary N) is 2. The van der Waals surface area contributed by atoms with Gasteiger partial charge < -0.3 is 16.4 Å². The van der Waals surface area contributed by atoms with Gasteiger partial charge in [0.15, 0.2) is 0 Å². The maximum absolute atomic E-state index is 13.4. The van der Waals surface area contributed by atoms with Gasteiger partial charge in [0, 0.05) is 24.5 Å². The van der Waals surface area contributed by atoms with Crippen LogP contribution >= 0.6 is 0 Å². The molecule has 1 atom stereocenters. The lowest BCUT2D eigenvalue weighted by Gasteiger charge is -2.19. The summed E-state index contributed by atoms with van der Waals surface area (Å²) in [6.45, 7) is 0.301. The summed E-state index contributed by atoms with van der Waals surface area (Å²) in [6, 6.07) is 12.3. The molecule has 2 aromatic heterocycles. The van der Waals surface area contributed by atoms with Crippen molar-refractivity contribution in [2.45, 2.75) is 31.6 Å². The van der Waals surface area contributed by atoms with Crippen LogP contribution < -0.4 is 16.4 Å². The lowest BCUT2D eigenvalue weighted by atomic mass is 10.1. The van der Waals surface area contributed by atoms with Gasteiger partial charge in [0.1, 0.15) is 17.4 Å². The van der Waals surface area contributed by atoms with E-state index in [1.165, 1.54) is 0 Å². The van der Waals surface area contributed by atoms with Gasteiger partial charge in [-0.15, -0.1) is 0 Å². The molecule has 1 saturated carbocycles. The summed E-state index contributed by atoms with van der Waals surface area (Å²) in [5, 5.41) is 5.51. The van der Waals surface area contributed by atoms with Crippen LogP contribution in [0.15, 0.2) is 54.9 Å². The fraction of sp³-hybridized carbons (Fsp3) is 0.273. The van der Waals surface area contributed by atoms with Crippen molar-refractivity contribution >= 4 is 17.7 Å². The lowest BCUT2D eigenvalue weighted by molar-refractivity contribution is -0.137. The molecule has 0 unspecified atom stereocenters. The highest BCUT2D eigenvalue weighted by molar-refractivity contribution is 5.83. The molecule has 0 bridgehead atoms. The van der Waals surface area contributed by atoms with Crippen molar-refractivity contribution in [3.8, 4) is 11.3 Å². The third kappa shape index (κ3) is 5.13. The highest BCUT2D eigenvalue weighted by Gasteiger charge is 2.39. The molecule has 1 aliphatic rings. The number of carbonyl (C=O) groups excluding carboxylic acids is 1. The van der Waals surface area contributed by atoms with E-state index in [0.717, 1.165) is 29.7 Å². The zero-order valence-corrected chi connectivity index (χ0v) is 16.9. The van der Waals surface area contributed by atoms with Gasteiger partial charge >= 0.3 is 6.18 Å². The molecule has 1 aromatic carbocycles. The summed E-state index contributed by atoms with van der Waals surface area (Å²) in [6.07, 6.45) is -0.801. The van der Waals surface area contributed by atoms with Crippen LogP contribution in [-0.4, -0.2) is 26.9 Å². The minimum atomic E-state index is -4.67. The van der Waals surface area contributed by atoms with E-state index in [4.69, 9.17) is 5.73 Å². The maximum Gasteiger partial charge on any atom is 0.421 e. The number of nitrogens with zero attached hydrogens (tertiary/aromatic N) is 3. The van der Waals surface area contributed by atoms with Crippen molar-refractivity contribution in [2.75, 3.05) is 10.6 Å². The molecule has 4 N–H and O–H groups in total. The summed E-state index contributed by atoms with van der Waals surface area (Å²) in [7, 11) is 0. The number of hydrogen-bond donors (Lipinski definition) is 3. The highest BCUT2D eigenvalue weighted by Crippen LogP contribution is 2.38. The molecule has 1 amide bonds.